The number of amides is 1. The predicted octanol–water partition coefficient (Wildman–Crippen LogP) is 4.79. The summed E-state index contributed by atoms with van der Waals surface area (Å²) in [6.45, 7) is 2.59. The number of hydrogen-bond donors (Lipinski definition) is 1. The predicted molar refractivity (Wildman–Crippen MR) is 119 cm³/mol. The number of aromatic nitrogens is 2. The fourth-order valence-corrected chi connectivity index (χ4v) is 4.60. The minimum absolute atomic E-state index is 0.0272. The van der Waals surface area contributed by atoms with Gasteiger partial charge < -0.3 is 9.88 Å². The number of piperidine rings is 1. The molecule has 1 saturated heterocycles. The number of nitrogens with one attached hydrogen (secondary N) is 1. The summed E-state index contributed by atoms with van der Waals surface area (Å²) >= 11 is 6.31. The van der Waals surface area contributed by atoms with E-state index in [1.54, 1.807) is 22.8 Å². The molecule has 0 bridgehead atoms. The number of benzene rings is 2. The van der Waals surface area contributed by atoms with Crippen molar-refractivity contribution in [1.82, 2.24) is 19.8 Å². The minimum Gasteiger partial charge on any atom is -0.352 e. The number of carbonyl (C=O) groups excluding carboxylic acids is 1. The summed E-state index contributed by atoms with van der Waals surface area (Å²) in [7, 11) is 0. The fraction of sp³-hybridized carbons (Fsp3) is 0.364. The molecule has 1 fully saturated rings. The molecule has 0 aliphatic carbocycles. The second kappa shape index (κ2) is 9.97. The highest BCUT2D eigenvalue weighted by molar-refractivity contribution is 7.99. The maximum Gasteiger partial charge on any atom is 0.291 e. The van der Waals surface area contributed by atoms with Gasteiger partial charge in [0.25, 0.3) is 5.76 Å². The average molecular weight is 465 g/mol. The quantitative estimate of drug-likeness (QED) is 0.511. The second-order valence-electron chi connectivity index (χ2n) is 7.59. The topological polar surface area (TPSA) is 50.2 Å². The molecule has 1 aliphatic heterocycles. The largest absolute Gasteiger partial charge is 0.352 e. The molecule has 0 saturated carbocycles. The first kappa shape index (κ1) is 22.0. The highest BCUT2D eigenvalue weighted by Gasteiger charge is 2.22. The van der Waals surface area contributed by atoms with Crippen LogP contribution in [0.15, 0.2) is 53.7 Å². The SMILES string of the molecule is O=C(Cn1c(SC(F)F)nc2ccccc21)NC1CCN(Cc2ccc(Cl)cc2)CC1. The molecule has 0 atom stereocenters. The number of rotatable bonds is 7. The Morgan fingerprint density at radius 1 is 1.16 bits per heavy atom. The van der Waals surface area contributed by atoms with Crippen LogP contribution >= 0.6 is 23.4 Å². The van der Waals surface area contributed by atoms with Crippen molar-refractivity contribution >= 4 is 40.3 Å². The van der Waals surface area contributed by atoms with Crippen molar-refractivity contribution in [1.29, 1.82) is 0 Å². The molecule has 164 valence electrons. The summed E-state index contributed by atoms with van der Waals surface area (Å²) in [6.07, 6.45) is 1.70. The second-order valence-corrected chi connectivity index (χ2v) is 8.99. The van der Waals surface area contributed by atoms with Crippen LogP contribution in [0.5, 0.6) is 0 Å². The zero-order chi connectivity index (χ0) is 21.8. The Bertz CT molecular complexity index is 1040. The molecule has 1 aromatic heterocycles. The van der Waals surface area contributed by atoms with Crippen LogP contribution in [-0.4, -0.2) is 45.2 Å². The molecule has 2 aromatic carbocycles. The molecule has 3 aromatic rings. The molecule has 9 heteroatoms. The van der Waals surface area contributed by atoms with Gasteiger partial charge in [-0.3, -0.25) is 9.69 Å². The molecule has 1 aliphatic rings. The van der Waals surface area contributed by atoms with E-state index in [0.717, 1.165) is 37.5 Å². The van der Waals surface area contributed by atoms with Crippen molar-refractivity contribution in [2.75, 3.05) is 13.1 Å². The minimum atomic E-state index is -2.59. The molecule has 0 unspecified atom stereocenters. The third-order valence-electron chi connectivity index (χ3n) is 5.39. The van der Waals surface area contributed by atoms with E-state index in [1.165, 1.54) is 5.56 Å². The van der Waals surface area contributed by atoms with E-state index in [9.17, 15) is 13.6 Å². The van der Waals surface area contributed by atoms with Crippen LogP contribution in [0.2, 0.25) is 5.02 Å². The summed E-state index contributed by atoms with van der Waals surface area (Å²) < 4.78 is 27.5. The van der Waals surface area contributed by atoms with Gasteiger partial charge in [0.2, 0.25) is 5.91 Å². The Morgan fingerprint density at radius 2 is 1.87 bits per heavy atom. The van der Waals surface area contributed by atoms with Gasteiger partial charge in [0.05, 0.1) is 11.0 Å². The van der Waals surface area contributed by atoms with E-state index in [4.69, 9.17) is 11.6 Å². The molecule has 0 radical (unpaired) electrons. The van der Waals surface area contributed by atoms with E-state index in [1.807, 2.05) is 30.3 Å². The lowest BCUT2D eigenvalue weighted by Gasteiger charge is -2.32. The molecule has 5 nitrogen and oxygen atoms in total. The number of nitrogens with zero attached hydrogens (tertiary/aromatic N) is 3. The van der Waals surface area contributed by atoms with Gasteiger partial charge in [0.15, 0.2) is 5.16 Å². The van der Waals surface area contributed by atoms with Gasteiger partial charge in [-0.1, -0.05) is 35.9 Å². The normalized spacial score (nSPS) is 15.6. The highest BCUT2D eigenvalue weighted by Crippen LogP contribution is 2.28. The van der Waals surface area contributed by atoms with Crippen LogP contribution in [-0.2, 0) is 17.9 Å². The van der Waals surface area contributed by atoms with Crippen molar-refractivity contribution in [2.45, 2.75) is 42.9 Å². The van der Waals surface area contributed by atoms with Gasteiger partial charge in [-0.2, -0.15) is 8.78 Å². The van der Waals surface area contributed by atoms with E-state index >= 15 is 0 Å². The molecule has 2 heterocycles. The lowest BCUT2D eigenvalue weighted by molar-refractivity contribution is -0.122. The first-order valence-electron chi connectivity index (χ1n) is 10.1. The Kier molecular flexibility index (Phi) is 7.09. The van der Waals surface area contributed by atoms with Crippen LogP contribution in [0.4, 0.5) is 8.78 Å². The number of carbonyl (C=O) groups is 1. The summed E-state index contributed by atoms with van der Waals surface area (Å²) in [5, 5.41) is 3.95. The van der Waals surface area contributed by atoms with Crippen LogP contribution in [0.3, 0.4) is 0 Å². The van der Waals surface area contributed by atoms with Gasteiger partial charge in [0, 0.05) is 30.7 Å². The monoisotopic (exact) mass is 464 g/mol. The Hall–Kier alpha value is -2.16. The molecular weight excluding hydrogens is 442 g/mol. The van der Waals surface area contributed by atoms with E-state index in [2.05, 4.69) is 15.2 Å². The van der Waals surface area contributed by atoms with E-state index in [-0.39, 0.29) is 23.7 Å². The highest BCUT2D eigenvalue weighted by atomic mass is 35.5. The summed E-state index contributed by atoms with van der Waals surface area (Å²) in [4.78, 5) is 19.3. The lowest BCUT2D eigenvalue weighted by Crippen LogP contribution is -2.45. The molecular formula is C22H23ClF2N4OS. The van der Waals surface area contributed by atoms with Crippen molar-refractivity contribution < 1.29 is 13.6 Å². The van der Waals surface area contributed by atoms with Crippen molar-refractivity contribution in [3.8, 4) is 0 Å². The molecule has 0 spiro atoms. The number of fused-ring (bicyclic) bond motifs is 1. The number of alkyl halides is 2. The van der Waals surface area contributed by atoms with Gasteiger partial charge in [0.1, 0.15) is 6.54 Å². The van der Waals surface area contributed by atoms with Crippen molar-refractivity contribution in [3.63, 3.8) is 0 Å². The van der Waals surface area contributed by atoms with Gasteiger partial charge in [-0.05, 0) is 54.4 Å². The smallest absolute Gasteiger partial charge is 0.291 e. The first-order valence-corrected chi connectivity index (χ1v) is 11.4. The van der Waals surface area contributed by atoms with Crippen LogP contribution in [0.1, 0.15) is 18.4 Å². The molecule has 1 amide bonds. The molecule has 31 heavy (non-hydrogen) atoms. The first-order chi connectivity index (χ1) is 15.0. The van der Waals surface area contributed by atoms with Crippen molar-refractivity contribution in [3.05, 3.63) is 59.1 Å². The van der Waals surface area contributed by atoms with Crippen LogP contribution in [0, 0.1) is 0 Å². The van der Waals surface area contributed by atoms with E-state index < -0.39 is 5.76 Å². The Morgan fingerprint density at radius 3 is 2.58 bits per heavy atom. The average Bonchev–Trinajstić information content (AvgIpc) is 3.07. The number of halogens is 3. The number of imidazole rings is 1. The summed E-state index contributed by atoms with van der Waals surface area (Å²) in [5.74, 6) is -2.78. The van der Waals surface area contributed by atoms with Gasteiger partial charge in [-0.15, -0.1) is 0 Å². The zero-order valence-corrected chi connectivity index (χ0v) is 18.4. The summed E-state index contributed by atoms with van der Waals surface area (Å²) in [6, 6.07) is 15.1. The molecule has 4 rings (SSSR count). The van der Waals surface area contributed by atoms with Crippen molar-refractivity contribution in [2.24, 2.45) is 0 Å². The lowest BCUT2D eigenvalue weighted by atomic mass is 10.0. The fourth-order valence-electron chi connectivity index (χ4n) is 3.88. The van der Waals surface area contributed by atoms with Crippen LogP contribution < -0.4 is 5.32 Å². The number of hydrogen-bond acceptors (Lipinski definition) is 4. The Balaban J connectivity index is 1.33. The Labute approximate surface area is 188 Å². The standard InChI is InChI=1S/C22H23ClF2N4OS/c23-16-7-5-15(6-8-16)13-28-11-9-17(10-12-28)26-20(30)14-29-19-4-2-1-3-18(19)27-22(29)31-21(24)25/h1-8,17,21H,9-14H2,(H,26,30). The number of likely N-dealkylation sites (tertiary alicyclic amines) is 1. The van der Waals surface area contributed by atoms with E-state index in [0.29, 0.717) is 22.8 Å². The maximum absolute atomic E-state index is 12.9. The van der Waals surface area contributed by atoms with Gasteiger partial charge in [-0.25, -0.2) is 4.98 Å². The maximum atomic E-state index is 12.9. The third kappa shape index (κ3) is 5.75. The number of thioether (sulfide) groups is 1. The van der Waals surface area contributed by atoms with Gasteiger partial charge >= 0.3 is 0 Å². The number of para-hydroxylation sites is 2. The third-order valence-corrected chi connectivity index (χ3v) is 6.34. The molecule has 1 N–H and O–H groups in total. The summed E-state index contributed by atoms with van der Waals surface area (Å²) in [5.41, 5.74) is 2.50. The van der Waals surface area contributed by atoms with Crippen LogP contribution in [0.25, 0.3) is 11.0 Å². The zero-order valence-electron chi connectivity index (χ0n) is 16.8.